The van der Waals surface area contributed by atoms with Gasteiger partial charge in [-0.05, 0) is 42.7 Å². The fraction of sp³-hybridized carbons (Fsp3) is 0.150. The maximum absolute atomic E-state index is 12.4. The number of amides is 1. The Bertz CT molecular complexity index is 921. The molecule has 0 unspecified atom stereocenters. The minimum atomic E-state index is -0.209. The molecule has 2 aromatic carbocycles. The van der Waals surface area contributed by atoms with Crippen LogP contribution in [0, 0.1) is 6.92 Å². The number of fused-ring (bicyclic) bond motifs is 1. The molecule has 1 aliphatic heterocycles. The van der Waals surface area contributed by atoms with Crippen LogP contribution < -0.4 is 10.2 Å². The minimum Gasteiger partial charge on any atom is -0.322 e. The van der Waals surface area contributed by atoms with Crippen molar-refractivity contribution in [3.63, 3.8) is 0 Å². The van der Waals surface area contributed by atoms with Crippen molar-refractivity contribution in [2.75, 3.05) is 16.8 Å². The van der Waals surface area contributed by atoms with E-state index in [4.69, 9.17) is 0 Å². The van der Waals surface area contributed by atoms with Crippen LogP contribution in [-0.4, -0.2) is 22.4 Å². The van der Waals surface area contributed by atoms with E-state index in [0.29, 0.717) is 11.5 Å². The Morgan fingerprint density at radius 3 is 2.68 bits per heavy atom. The fourth-order valence-corrected chi connectivity index (χ4v) is 3.05. The molecule has 3 aromatic rings. The highest BCUT2D eigenvalue weighted by Crippen LogP contribution is 2.31. The SMILES string of the molecule is Cc1cccc(NC(=O)c2cnc(N3CCc4ccccc43)nc2)c1. The molecule has 1 aliphatic rings. The third kappa shape index (κ3) is 3.08. The van der Waals surface area contributed by atoms with E-state index < -0.39 is 0 Å². The number of benzene rings is 2. The van der Waals surface area contributed by atoms with Crippen molar-refractivity contribution in [1.82, 2.24) is 9.97 Å². The summed E-state index contributed by atoms with van der Waals surface area (Å²) in [5, 5.41) is 2.87. The topological polar surface area (TPSA) is 58.1 Å². The Morgan fingerprint density at radius 2 is 1.88 bits per heavy atom. The Hall–Kier alpha value is -3.21. The van der Waals surface area contributed by atoms with Gasteiger partial charge in [0.1, 0.15) is 0 Å². The van der Waals surface area contributed by atoms with Crippen LogP contribution in [0.5, 0.6) is 0 Å². The van der Waals surface area contributed by atoms with E-state index in [1.54, 1.807) is 12.4 Å². The van der Waals surface area contributed by atoms with Crippen molar-refractivity contribution in [3.8, 4) is 0 Å². The summed E-state index contributed by atoms with van der Waals surface area (Å²) in [4.78, 5) is 23.2. The van der Waals surface area contributed by atoms with Gasteiger partial charge in [0.25, 0.3) is 5.91 Å². The Morgan fingerprint density at radius 1 is 1.08 bits per heavy atom. The van der Waals surface area contributed by atoms with Crippen LogP contribution in [0.1, 0.15) is 21.5 Å². The summed E-state index contributed by atoms with van der Waals surface area (Å²) in [7, 11) is 0. The van der Waals surface area contributed by atoms with E-state index in [0.717, 1.165) is 29.9 Å². The number of para-hydroxylation sites is 1. The monoisotopic (exact) mass is 330 g/mol. The smallest absolute Gasteiger partial charge is 0.258 e. The van der Waals surface area contributed by atoms with Gasteiger partial charge in [-0.25, -0.2) is 9.97 Å². The molecule has 0 aliphatic carbocycles. The van der Waals surface area contributed by atoms with Crippen LogP contribution >= 0.6 is 0 Å². The van der Waals surface area contributed by atoms with E-state index in [1.165, 1.54) is 5.56 Å². The fourth-order valence-electron chi connectivity index (χ4n) is 3.05. The van der Waals surface area contributed by atoms with E-state index in [2.05, 4.69) is 32.3 Å². The molecule has 4 rings (SSSR count). The number of nitrogens with zero attached hydrogens (tertiary/aromatic N) is 3. The highest BCUT2D eigenvalue weighted by molar-refractivity contribution is 6.03. The van der Waals surface area contributed by atoms with Crippen LogP contribution in [0.3, 0.4) is 0 Å². The summed E-state index contributed by atoms with van der Waals surface area (Å²) in [6.45, 7) is 2.84. The Balaban J connectivity index is 1.52. The molecule has 5 heteroatoms. The number of nitrogens with one attached hydrogen (secondary N) is 1. The van der Waals surface area contributed by atoms with Crippen LogP contribution in [0.4, 0.5) is 17.3 Å². The number of carbonyl (C=O) groups is 1. The van der Waals surface area contributed by atoms with Gasteiger partial charge in [0.2, 0.25) is 5.95 Å². The standard InChI is InChI=1S/C20H18N4O/c1-14-5-4-7-17(11-14)23-19(25)16-12-21-20(22-13-16)24-10-9-15-6-2-3-8-18(15)24/h2-8,11-13H,9-10H2,1H3,(H,23,25). The van der Waals surface area contributed by atoms with Gasteiger partial charge in [-0.15, -0.1) is 0 Å². The maximum atomic E-state index is 12.4. The highest BCUT2D eigenvalue weighted by Gasteiger charge is 2.22. The van der Waals surface area contributed by atoms with Gasteiger partial charge in [0.15, 0.2) is 0 Å². The molecule has 0 spiro atoms. The number of hydrogen-bond acceptors (Lipinski definition) is 4. The summed E-state index contributed by atoms with van der Waals surface area (Å²) in [6.07, 6.45) is 4.14. The Kier molecular flexibility index (Phi) is 3.90. The maximum Gasteiger partial charge on any atom is 0.258 e. The van der Waals surface area contributed by atoms with Gasteiger partial charge >= 0.3 is 0 Å². The predicted octanol–water partition coefficient (Wildman–Crippen LogP) is 3.73. The molecule has 5 nitrogen and oxygen atoms in total. The predicted molar refractivity (Wildman–Crippen MR) is 98.3 cm³/mol. The second kappa shape index (κ2) is 6.36. The zero-order chi connectivity index (χ0) is 17.2. The summed E-state index contributed by atoms with van der Waals surface area (Å²) in [6, 6.07) is 15.9. The number of rotatable bonds is 3. The van der Waals surface area contributed by atoms with E-state index in [1.807, 2.05) is 43.3 Å². The molecule has 0 fully saturated rings. The van der Waals surface area contributed by atoms with Gasteiger partial charge in [-0.3, -0.25) is 4.79 Å². The van der Waals surface area contributed by atoms with Crippen molar-refractivity contribution >= 4 is 23.2 Å². The van der Waals surface area contributed by atoms with E-state index in [9.17, 15) is 4.79 Å². The highest BCUT2D eigenvalue weighted by atomic mass is 16.1. The normalized spacial score (nSPS) is 12.8. The molecule has 1 amide bonds. The second-order valence-corrected chi connectivity index (χ2v) is 6.13. The lowest BCUT2D eigenvalue weighted by molar-refractivity contribution is 0.102. The molecule has 0 bridgehead atoms. The first-order valence-electron chi connectivity index (χ1n) is 8.26. The van der Waals surface area contributed by atoms with E-state index in [-0.39, 0.29) is 5.91 Å². The zero-order valence-corrected chi connectivity index (χ0v) is 13.9. The molecule has 0 saturated carbocycles. The molecular formula is C20H18N4O. The van der Waals surface area contributed by atoms with E-state index >= 15 is 0 Å². The number of aromatic nitrogens is 2. The third-order valence-electron chi connectivity index (χ3n) is 4.30. The molecular weight excluding hydrogens is 312 g/mol. The minimum absolute atomic E-state index is 0.209. The van der Waals surface area contributed by atoms with Gasteiger partial charge in [0.05, 0.1) is 5.56 Å². The summed E-state index contributed by atoms with van der Waals surface area (Å²) in [5.41, 5.74) is 4.74. The average Bonchev–Trinajstić information content (AvgIpc) is 3.06. The van der Waals surface area contributed by atoms with Gasteiger partial charge in [-0.1, -0.05) is 30.3 Å². The molecule has 0 radical (unpaired) electrons. The van der Waals surface area contributed by atoms with Crippen LogP contribution in [-0.2, 0) is 6.42 Å². The third-order valence-corrected chi connectivity index (χ3v) is 4.30. The molecule has 1 N–H and O–H groups in total. The largest absolute Gasteiger partial charge is 0.322 e. The van der Waals surface area contributed by atoms with Crippen molar-refractivity contribution in [2.45, 2.75) is 13.3 Å². The van der Waals surface area contributed by atoms with Crippen LogP contribution in [0.2, 0.25) is 0 Å². The lowest BCUT2D eigenvalue weighted by atomic mass is 10.2. The number of carbonyl (C=O) groups excluding carboxylic acids is 1. The average molecular weight is 330 g/mol. The van der Waals surface area contributed by atoms with Crippen molar-refractivity contribution in [3.05, 3.63) is 77.6 Å². The summed E-state index contributed by atoms with van der Waals surface area (Å²) < 4.78 is 0. The Labute approximate surface area is 146 Å². The lowest BCUT2D eigenvalue weighted by Crippen LogP contribution is -2.18. The summed E-state index contributed by atoms with van der Waals surface area (Å²) >= 11 is 0. The van der Waals surface area contributed by atoms with Gasteiger partial charge in [0, 0.05) is 30.3 Å². The molecule has 124 valence electrons. The number of hydrogen-bond donors (Lipinski definition) is 1. The zero-order valence-electron chi connectivity index (χ0n) is 13.9. The quantitative estimate of drug-likeness (QED) is 0.795. The molecule has 2 heterocycles. The molecule has 1 aromatic heterocycles. The van der Waals surface area contributed by atoms with Crippen LogP contribution in [0.15, 0.2) is 60.9 Å². The van der Waals surface area contributed by atoms with Gasteiger partial charge in [-0.2, -0.15) is 0 Å². The molecule has 25 heavy (non-hydrogen) atoms. The number of aryl methyl sites for hydroxylation is 1. The first-order chi connectivity index (χ1) is 12.2. The number of anilines is 3. The molecule has 0 saturated heterocycles. The van der Waals surface area contributed by atoms with Gasteiger partial charge < -0.3 is 10.2 Å². The van der Waals surface area contributed by atoms with Crippen molar-refractivity contribution < 1.29 is 4.79 Å². The summed E-state index contributed by atoms with van der Waals surface area (Å²) in [5.74, 6) is 0.413. The lowest BCUT2D eigenvalue weighted by Gasteiger charge is -2.16. The second-order valence-electron chi connectivity index (χ2n) is 6.13. The van der Waals surface area contributed by atoms with Crippen molar-refractivity contribution in [2.24, 2.45) is 0 Å². The van der Waals surface area contributed by atoms with Crippen molar-refractivity contribution in [1.29, 1.82) is 0 Å². The first-order valence-corrected chi connectivity index (χ1v) is 8.26. The first kappa shape index (κ1) is 15.3. The molecule has 0 atom stereocenters. The van der Waals surface area contributed by atoms with Crippen LogP contribution in [0.25, 0.3) is 0 Å².